The number of nitrogens with zero attached hydrogens (tertiary/aromatic N) is 1. The van der Waals surface area contributed by atoms with Gasteiger partial charge in [-0.25, -0.2) is 17.8 Å². The zero-order valence-electron chi connectivity index (χ0n) is 16.4. The van der Waals surface area contributed by atoms with Gasteiger partial charge >= 0.3 is 5.97 Å². The molecule has 0 radical (unpaired) electrons. The van der Waals surface area contributed by atoms with Crippen molar-refractivity contribution in [2.45, 2.75) is 18.6 Å². The Balaban J connectivity index is 1.82. The molecule has 0 aliphatic rings. The number of anilines is 1. The van der Waals surface area contributed by atoms with Gasteiger partial charge in [-0.05, 0) is 35.9 Å². The first kappa shape index (κ1) is 22.4. The number of benzene rings is 2. The Morgan fingerprint density at radius 3 is 2.48 bits per heavy atom. The molecular formula is C20H17FN2O6S2. The summed E-state index contributed by atoms with van der Waals surface area (Å²) in [6.07, 6.45) is 1.01. The number of carbonyl (C=O) groups is 2. The van der Waals surface area contributed by atoms with Crippen LogP contribution in [0.5, 0.6) is 11.5 Å². The van der Waals surface area contributed by atoms with Crippen LogP contribution >= 0.6 is 11.3 Å². The molecule has 3 rings (SSSR count). The van der Waals surface area contributed by atoms with Gasteiger partial charge in [-0.2, -0.15) is 0 Å². The van der Waals surface area contributed by atoms with Crippen LogP contribution in [0, 0.1) is 5.82 Å². The molecule has 3 aromatic rings. The minimum absolute atomic E-state index is 0.000903. The highest BCUT2D eigenvalue weighted by Crippen LogP contribution is 2.27. The molecule has 1 heterocycles. The van der Waals surface area contributed by atoms with E-state index in [2.05, 4.69) is 10.3 Å². The normalized spacial score (nSPS) is 11.1. The topological polar surface area (TPSA) is 112 Å². The lowest BCUT2D eigenvalue weighted by molar-refractivity contribution is -0.131. The van der Waals surface area contributed by atoms with E-state index >= 15 is 0 Å². The standard InChI is InChI=1S/C20H17FN2O6S2/c1-12(24)29-17-8-7-15(28-10-13-3-5-14(21)6-4-13)9-16(17)19(25)23-20-22-18(11-30-20)31(2,26)27/h3-9,11H,10H2,1-2H3,(H,22,23,25). The van der Waals surface area contributed by atoms with Crippen molar-refractivity contribution in [3.63, 3.8) is 0 Å². The van der Waals surface area contributed by atoms with Gasteiger partial charge in [0.25, 0.3) is 5.91 Å². The van der Waals surface area contributed by atoms with Crippen LogP contribution in [0.2, 0.25) is 0 Å². The number of thiazole rings is 1. The fraction of sp³-hybridized carbons (Fsp3) is 0.150. The number of aromatic nitrogens is 1. The highest BCUT2D eigenvalue weighted by atomic mass is 32.2. The van der Waals surface area contributed by atoms with E-state index in [9.17, 15) is 22.4 Å². The molecule has 0 saturated heterocycles. The molecule has 8 nitrogen and oxygen atoms in total. The third kappa shape index (κ3) is 6.09. The molecule has 0 spiro atoms. The maximum absolute atomic E-state index is 13.0. The Hall–Kier alpha value is -3.31. The van der Waals surface area contributed by atoms with Crippen molar-refractivity contribution < 1.29 is 31.9 Å². The maximum Gasteiger partial charge on any atom is 0.308 e. The lowest BCUT2D eigenvalue weighted by Crippen LogP contribution is -2.15. The number of hydrogen-bond donors (Lipinski definition) is 1. The molecule has 0 aliphatic carbocycles. The van der Waals surface area contributed by atoms with E-state index in [0.29, 0.717) is 11.3 Å². The molecule has 1 N–H and O–H groups in total. The van der Waals surface area contributed by atoms with Crippen molar-refractivity contribution in [3.05, 3.63) is 64.8 Å². The Morgan fingerprint density at radius 1 is 1.16 bits per heavy atom. The van der Waals surface area contributed by atoms with Crippen molar-refractivity contribution in [1.82, 2.24) is 4.98 Å². The summed E-state index contributed by atoms with van der Waals surface area (Å²) in [5, 5.41) is 3.70. The second-order valence-electron chi connectivity index (χ2n) is 6.38. The highest BCUT2D eigenvalue weighted by molar-refractivity contribution is 7.90. The van der Waals surface area contributed by atoms with Crippen LogP contribution in [0.15, 0.2) is 52.9 Å². The first-order valence-corrected chi connectivity index (χ1v) is 11.6. The van der Waals surface area contributed by atoms with Crippen LogP contribution < -0.4 is 14.8 Å². The highest BCUT2D eigenvalue weighted by Gasteiger charge is 2.19. The fourth-order valence-corrected chi connectivity index (χ4v) is 4.14. The minimum atomic E-state index is -3.51. The summed E-state index contributed by atoms with van der Waals surface area (Å²) in [5.41, 5.74) is 0.704. The quantitative estimate of drug-likeness (QED) is 0.421. The number of rotatable bonds is 7. The third-order valence-corrected chi connectivity index (χ3v) is 5.73. The van der Waals surface area contributed by atoms with E-state index in [0.717, 1.165) is 17.6 Å². The predicted octanol–water partition coefficient (Wildman–Crippen LogP) is 3.44. The van der Waals surface area contributed by atoms with Crippen LogP contribution in [0.25, 0.3) is 0 Å². The third-order valence-electron chi connectivity index (χ3n) is 3.85. The summed E-state index contributed by atoms with van der Waals surface area (Å²) in [7, 11) is -3.51. The van der Waals surface area contributed by atoms with Gasteiger partial charge in [0.1, 0.15) is 23.9 Å². The van der Waals surface area contributed by atoms with Gasteiger partial charge in [0.15, 0.2) is 20.0 Å². The van der Waals surface area contributed by atoms with E-state index in [4.69, 9.17) is 9.47 Å². The Bertz CT molecular complexity index is 1220. The number of carbonyl (C=O) groups excluding carboxylic acids is 2. The number of amides is 1. The summed E-state index contributed by atoms with van der Waals surface area (Å²) in [6, 6.07) is 10.0. The molecule has 0 fully saturated rings. The molecular weight excluding hydrogens is 447 g/mol. The van der Waals surface area contributed by atoms with E-state index in [1.54, 1.807) is 12.1 Å². The summed E-state index contributed by atoms with van der Waals surface area (Å²) >= 11 is 0.940. The molecule has 162 valence electrons. The Labute approximate surface area is 181 Å². The van der Waals surface area contributed by atoms with Crippen LogP contribution in [-0.2, 0) is 21.2 Å². The molecule has 1 amide bonds. The second kappa shape index (κ2) is 9.23. The molecule has 0 unspecified atom stereocenters. The molecule has 11 heteroatoms. The predicted molar refractivity (Wildman–Crippen MR) is 112 cm³/mol. The fourth-order valence-electron chi connectivity index (χ4n) is 2.42. The number of ether oxygens (including phenoxy) is 2. The van der Waals surface area contributed by atoms with Gasteiger partial charge in [-0.3, -0.25) is 14.9 Å². The maximum atomic E-state index is 13.0. The monoisotopic (exact) mass is 464 g/mol. The van der Waals surface area contributed by atoms with Gasteiger partial charge in [0.2, 0.25) is 0 Å². The molecule has 1 aromatic heterocycles. The van der Waals surface area contributed by atoms with Crippen LogP contribution in [0.4, 0.5) is 9.52 Å². The van der Waals surface area contributed by atoms with Crippen molar-refractivity contribution in [2.75, 3.05) is 11.6 Å². The molecule has 0 saturated carbocycles. The molecule has 2 aromatic carbocycles. The van der Waals surface area contributed by atoms with E-state index < -0.39 is 21.7 Å². The summed E-state index contributed by atoms with van der Waals surface area (Å²) in [4.78, 5) is 28.0. The van der Waals surface area contributed by atoms with Gasteiger partial charge < -0.3 is 9.47 Å². The number of halogens is 1. The second-order valence-corrected chi connectivity index (χ2v) is 9.20. The Kier molecular flexibility index (Phi) is 6.66. The summed E-state index contributed by atoms with van der Waals surface area (Å²) in [5.74, 6) is -1.35. The lowest BCUT2D eigenvalue weighted by Gasteiger charge is -2.12. The summed E-state index contributed by atoms with van der Waals surface area (Å²) < 4.78 is 46.9. The van der Waals surface area contributed by atoms with Crippen molar-refractivity contribution >= 4 is 38.2 Å². The Morgan fingerprint density at radius 2 is 1.87 bits per heavy atom. The van der Waals surface area contributed by atoms with Crippen molar-refractivity contribution in [3.8, 4) is 11.5 Å². The molecule has 31 heavy (non-hydrogen) atoms. The zero-order chi connectivity index (χ0) is 22.6. The zero-order valence-corrected chi connectivity index (χ0v) is 18.1. The smallest absolute Gasteiger partial charge is 0.308 e. The lowest BCUT2D eigenvalue weighted by atomic mass is 10.1. The average molecular weight is 464 g/mol. The van der Waals surface area contributed by atoms with Crippen LogP contribution in [0.1, 0.15) is 22.8 Å². The van der Waals surface area contributed by atoms with Crippen LogP contribution in [0.3, 0.4) is 0 Å². The van der Waals surface area contributed by atoms with E-state index in [1.165, 1.54) is 42.6 Å². The van der Waals surface area contributed by atoms with Gasteiger partial charge in [-0.15, -0.1) is 11.3 Å². The van der Waals surface area contributed by atoms with Crippen LogP contribution in [-0.4, -0.2) is 31.5 Å². The van der Waals surface area contributed by atoms with Crippen molar-refractivity contribution in [2.24, 2.45) is 0 Å². The number of nitrogens with one attached hydrogen (secondary N) is 1. The number of hydrogen-bond acceptors (Lipinski definition) is 8. The molecule has 0 aliphatic heterocycles. The summed E-state index contributed by atoms with van der Waals surface area (Å²) in [6.45, 7) is 1.32. The SMILES string of the molecule is CC(=O)Oc1ccc(OCc2ccc(F)cc2)cc1C(=O)Nc1nc(S(C)(=O)=O)cs1. The van der Waals surface area contributed by atoms with Gasteiger partial charge in [0.05, 0.1) is 5.56 Å². The first-order valence-electron chi connectivity index (χ1n) is 8.78. The van der Waals surface area contributed by atoms with Gasteiger partial charge in [0, 0.05) is 18.6 Å². The number of esters is 1. The first-order chi connectivity index (χ1) is 14.6. The molecule has 0 bridgehead atoms. The minimum Gasteiger partial charge on any atom is -0.489 e. The number of sulfone groups is 1. The van der Waals surface area contributed by atoms with E-state index in [1.807, 2.05) is 0 Å². The largest absolute Gasteiger partial charge is 0.489 e. The molecule has 0 atom stereocenters. The van der Waals surface area contributed by atoms with Gasteiger partial charge in [-0.1, -0.05) is 12.1 Å². The van der Waals surface area contributed by atoms with E-state index in [-0.39, 0.29) is 33.9 Å². The van der Waals surface area contributed by atoms with Crippen molar-refractivity contribution in [1.29, 1.82) is 0 Å². The average Bonchev–Trinajstić information content (AvgIpc) is 3.17.